The Morgan fingerprint density at radius 2 is 1.87 bits per heavy atom. The summed E-state index contributed by atoms with van der Waals surface area (Å²) in [4.78, 5) is 15.7. The minimum absolute atomic E-state index is 0.0105. The standard InChI is InChI=1S/C24H31N3O4/c1-18-4-3-5-21(14-18)31-23-17-26(16-22(23)29-2)15-19-6-8-20(9-7-19)30-13-12-27-11-10-25-24(27)28/h3-9,14,22-23H,10-13,15-17H2,1-2H3,(H,25,28)/t22-,23-/m0/s1. The normalized spacial score (nSPS) is 21.4. The number of amides is 2. The Morgan fingerprint density at radius 1 is 1.06 bits per heavy atom. The lowest BCUT2D eigenvalue weighted by Crippen LogP contribution is -2.31. The number of urea groups is 1. The molecule has 31 heavy (non-hydrogen) atoms. The number of likely N-dealkylation sites (tertiary alicyclic amines) is 1. The number of hydrogen-bond donors (Lipinski definition) is 1. The summed E-state index contributed by atoms with van der Waals surface area (Å²) in [5.74, 6) is 1.71. The molecule has 0 saturated carbocycles. The van der Waals surface area contributed by atoms with E-state index >= 15 is 0 Å². The first kappa shape index (κ1) is 21.5. The largest absolute Gasteiger partial charge is 0.492 e. The number of benzene rings is 2. The fourth-order valence-electron chi connectivity index (χ4n) is 4.10. The van der Waals surface area contributed by atoms with Crippen LogP contribution in [-0.2, 0) is 11.3 Å². The second kappa shape index (κ2) is 10.0. The van der Waals surface area contributed by atoms with Crippen LogP contribution in [0, 0.1) is 6.92 Å². The van der Waals surface area contributed by atoms with E-state index in [1.54, 1.807) is 12.0 Å². The van der Waals surface area contributed by atoms with Crippen molar-refractivity contribution in [3.63, 3.8) is 0 Å². The van der Waals surface area contributed by atoms with Gasteiger partial charge in [0.25, 0.3) is 0 Å². The minimum atomic E-state index is -0.0105. The first-order valence-corrected chi connectivity index (χ1v) is 10.8. The highest BCUT2D eigenvalue weighted by atomic mass is 16.5. The van der Waals surface area contributed by atoms with E-state index in [2.05, 4.69) is 41.4 Å². The monoisotopic (exact) mass is 425 g/mol. The van der Waals surface area contributed by atoms with Crippen molar-refractivity contribution in [3.05, 3.63) is 59.7 Å². The van der Waals surface area contributed by atoms with Crippen LogP contribution in [0.5, 0.6) is 11.5 Å². The van der Waals surface area contributed by atoms with Crippen molar-refractivity contribution in [2.75, 3.05) is 46.4 Å². The summed E-state index contributed by atoms with van der Waals surface area (Å²) >= 11 is 0. The molecule has 4 rings (SSSR count). The van der Waals surface area contributed by atoms with E-state index in [0.29, 0.717) is 19.7 Å². The summed E-state index contributed by atoms with van der Waals surface area (Å²) < 4.78 is 17.7. The average molecular weight is 426 g/mol. The van der Waals surface area contributed by atoms with Crippen LogP contribution in [-0.4, -0.2) is 74.5 Å². The Hall–Kier alpha value is -2.77. The molecule has 0 spiro atoms. The number of rotatable bonds is 9. The van der Waals surface area contributed by atoms with Crippen molar-refractivity contribution in [1.29, 1.82) is 0 Å². The van der Waals surface area contributed by atoms with E-state index in [9.17, 15) is 4.79 Å². The Kier molecular flexibility index (Phi) is 6.94. The quantitative estimate of drug-likeness (QED) is 0.669. The number of nitrogens with one attached hydrogen (secondary N) is 1. The van der Waals surface area contributed by atoms with E-state index in [0.717, 1.165) is 37.7 Å². The zero-order chi connectivity index (χ0) is 21.6. The lowest BCUT2D eigenvalue weighted by atomic mass is 10.2. The number of ether oxygens (including phenoxy) is 3. The lowest BCUT2D eigenvalue weighted by molar-refractivity contribution is 0.0340. The van der Waals surface area contributed by atoms with E-state index in [1.165, 1.54) is 11.1 Å². The number of methoxy groups -OCH3 is 1. The Bertz CT molecular complexity index is 873. The fraction of sp³-hybridized carbons (Fsp3) is 0.458. The highest BCUT2D eigenvalue weighted by Gasteiger charge is 2.34. The number of carbonyl (C=O) groups is 1. The first-order chi connectivity index (χ1) is 15.1. The SMILES string of the molecule is CO[C@H]1CN(Cc2ccc(OCCN3CCNC3=O)cc2)C[C@@H]1Oc1cccc(C)c1. The van der Waals surface area contributed by atoms with E-state index in [1.807, 2.05) is 24.3 Å². The van der Waals surface area contributed by atoms with Crippen LogP contribution in [0.1, 0.15) is 11.1 Å². The third kappa shape index (κ3) is 5.68. The maximum atomic E-state index is 11.5. The van der Waals surface area contributed by atoms with Gasteiger partial charge in [-0.05, 0) is 42.3 Å². The molecular formula is C24H31N3O4. The predicted octanol–water partition coefficient (Wildman–Crippen LogP) is 2.68. The van der Waals surface area contributed by atoms with Gasteiger partial charge in [-0.3, -0.25) is 4.90 Å². The molecule has 0 aromatic heterocycles. The van der Waals surface area contributed by atoms with Crippen molar-refractivity contribution in [2.24, 2.45) is 0 Å². The van der Waals surface area contributed by atoms with Gasteiger partial charge in [0.1, 0.15) is 30.3 Å². The number of carbonyl (C=O) groups excluding carboxylic acids is 1. The molecule has 1 N–H and O–H groups in total. The Labute approximate surface area is 183 Å². The van der Waals surface area contributed by atoms with E-state index in [4.69, 9.17) is 14.2 Å². The summed E-state index contributed by atoms with van der Waals surface area (Å²) in [6.45, 7) is 7.11. The zero-order valence-electron chi connectivity index (χ0n) is 18.3. The van der Waals surface area contributed by atoms with Gasteiger partial charge < -0.3 is 24.4 Å². The fourth-order valence-corrected chi connectivity index (χ4v) is 4.10. The third-order valence-corrected chi connectivity index (χ3v) is 5.78. The number of nitrogens with zero attached hydrogens (tertiary/aromatic N) is 2. The summed E-state index contributed by atoms with van der Waals surface area (Å²) in [5, 5.41) is 2.80. The van der Waals surface area contributed by atoms with Crippen LogP contribution in [0.2, 0.25) is 0 Å². The molecule has 0 aliphatic carbocycles. The molecule has 2 fully saturated rings. The molecule has 2 aliphatic heterocycles. The maximum absolute atomic E-state index is 11.5. The molecule has 2 aromatic carbocycles. The molecule has 0 unspecified atom stereocenters. The first-order valence-electron chi connectivity index (χ1n) is 10.8. The van der Waals surface area contributed by atoms with Crippen molar-refractivity contribution in [2.45, 2.75) is 25.7 Å². The molecule has 2 amide bonds. The molecule has 0 radical (unpaired) electrons. The maximum Gasteiger partial charge on any atom is 0.317 e. The molecule has 166 valence electrons. The van der Waals surface area contributed by atoms with Crippen LogP contribution >= 0.6 is 0 Å². The Morgan fingerprint density at radius 3 is 2.58 bits per heavy atom. The predicted molar refractivity (Wildman–Crippen MR) is 119 cm³/mol. The molecule has 2 aliphatic rings. The van der Waals surface area contributed by atoms with Crippen molar-refractivity contribution in [3.8, 4) is 11.5 Å². The smallest absolute Gasteiger partial charge is 0.317 e. The van der Waals surface area contributed by atoms with Gasteiger partial charge in [-0.25, -0.2) is 4.79 Å². The highest BCUT2D eigenvalue weighted by molar-refractivity contribution is 5.76. The van der Waals surface area contributed by atoms with Gasteiger partial charge in [0.15, 0.2) is 0 Å². The van der Waals surface area contributed by atoms with Crippen LogP contribution < -0.4 is 14.8 Å². The summed E-state index contributed by atoms with van der Waals surface area (Å²) in [6.07, 6.45) is 0.0584. The molecule has 7 nitrogen and oxygen atoms in total. The number of aryl methyl sites for hydroxylation is 1. The molecule has 7 heteroatoms. The molecule has 2 heterocycles. The molecule has 2 aromatic rings. The van der Waals surface area contributed by atoms with Crippen molar-refractivity contribution < 1.29 is 19.0 Å². The Balaban J connectivity index is 1.26. The lowest BCUT2D eigenvalue weighted by Gasteiger charge is -2.19. The van der Waals surface area contributed by atoms with Gasteiger partial charge in [-0.15, -0.1) is 0 Å². The van der Waals surface area contributed by atoms with Gasteiger partial charge in [-0.1, -0.05) is 24.3 Å². The third-order valence-electron chi connectivity index (χ3n) is 5.78. The summed E-state index contributed by atoms with van der Waals surface area (Å²) in [7, 11) is 1.75. The van der Waals surface area contributed by atoms with E-state index < -0.39 is 0 Å². The number of hydrogen-bond acceptors (Lipinski definition) is 5. The van der Waals surface area contributed by atoms with Crippen LogP contribution in [0.4, 0.5) is 4.79 Å². The summed E-state index contributed by atoms with van der Waals surface area (Å²) in [5.41, 5.74) is 2.41. The van der Waals surface area contributed by atoms with Crippen LogP contribution in [0.25, 0.3) is 0 Å². The molecule has 2 atom stereocenters. The highest BCUT2D eigenvalue weighted by Crippen LogP contribution is 2.23. The van der Waals surface area contributed by atoms with Crippen LogP contribution in [0.15, 0.2) is 48.5 Å². The zero-order valence-corrected chi connectivity index (χ0v) is 18.3. The second-order valence-corrected chi connectivity index (χ2v) is 8.15. The molecule has 0 bridgehead atoms. The summed E-state index contributed by atoms with van der Waals surface area (Å²) in [6, 6.07) is 16.3. The van der Waals surface area contributed by atoms with Gasteiger partial charge in [-0.2, -0.15) is 0 Å². The molecular weight excluding hydrogens is 394 g/mol. The van der Waals surface area contributed by atoms with Crippen molar-refractivity contribution in [1.82, 2.24) is 15.1 Å². The van der Waals surface area contributed by atoms with Gasteiger partial charge in [0.05, 0.1) is 6.54 Å². The average Bonchev–Trinajstić information content (AvgIpc) is 3.35. The molecule has 2 saturated heterocycles. The van der Waals surface area contributed by atoms with Crippen LogP contribution in [0.3, 0.4) is 0 Å². The minimum Gasteiger partial charge on any atom is -0.492 e. The van der Waals surface area contributed by atoms with E-state index in [-0.39, 0.29) is 18.2 Å². The van der Waals surface area contributed by atoms with Crippen molar-refractivity contribution >= 4 is 6.03 Å². The van der Waals surface area contributed by atoms with Gasteiger partial charge >= 0.3 is 6.03 Å². The topological polar surface area (TPSA) is 63.3 Å². The van der Waals surface area contributed by atoms with Gasteiger partial charge in [0, 0.05) is 39.8 Å². The second-order valence-electron chi connectivity index (χ2n) is 8.15. The van der Waals surface area contributed by atoms with Gasteiger partial charge in [0.2, 0.25) is 0 Å².